The molecule has 1 nitrogen and oxygen atoms in total. The van der Waals surface area contributed by atoms with Crippen LogP contribution in [0.15, 0.2) is 54.6 Å². The number of hydrogen-bond acceptors (Lipinski definition) is 1. The van der Waals surface area contributed by atoms with E-state index >= 15 is 0 Å². The van der Waals surface area contributed by atoms with Crippen LogP contribution in [0.1, 0.15) is 25.3 Å². The van der Waals surface area contributed by atoms with Crippen molar-refractivity contribution in [3.63, 3.8) is 0 Å². The van der Waals surface area contributed by atoms with E-state index in [4.69, 9.17) is 0 Å². The number of nitrogens with zero attached hydrogens (tertiary/aromatic N) is 1. The molecule has 0 fully saturated rings. The first-order chi connectivity index (χ1) is 9.36. The molecule has 2 rings (SSSR count). The van der Waals surface area contributed by atoms with Gasteiger partial charge in [-0.05, 0) is 30.2 Å². The second-order valence-corrected chi connectivity index (χ2v) is 5.16. The monoisotopic (exact) mass is 317 g/mol. The average Bonchev–Trinajstić information content (AvgIpc) is 2.49. The molecule has 0 N–H and O–H groups in total. The molecule has 0 unspecified atom stereocenters. The normalized spacial score (nSPS) is 10.4. The quantitative estimate of drug-likeness (QED) is 0.634. The predicted molar refractivity (Wildman–Crippen MR) is 87.4 cm³/mol. The van der Waals surface area contributed by atoms with E-state index in [0.717, 1.165) is 11.9 Å². The van der Waals surface area contributed by atoms with Gasteiger partial charge in [-0.25, -0.2) is 0 Å². The van der Waals surface area contributed by atoms with Gasteiger partial charge < -0.3 is 4.90 Å². The minimum Gasteiger partial charge on any atom is -0.341 e. The summed E-state index contributed by atoms with van der Waals surface area (Å²) in [6.07, 6.45) is 2.41. The molecule has 0 saturated heterocycles. The van der Waals surface area contributed by atoms with E-state index in [1.807, 2.05) is 0 Å². The highest BCUT2D eigenvalue weighted by molar-refractivity contribution is 9.08. The molecule has 100 valence electrons. The highest BCUT2D eigenvalue weighted by Gasteiger charge is 2.11. The molecule has 0 aliphatic heterocycles. The lowest BCUT2D eigenvalue weighted by Gasteiger charge is -2.27. The Labute approximate surface area is 124 Å². The van der Waals surface area contributed by atoms with Crippen molar-refractivity contribution in [1.82, 2.24) is 0 Å². The number of unbranched alkanes of at least 4 members (excludes halogenated alkanes) is 1. The van der Waals surface area contributed by atoms with Crippen LogP contribution in [0.3, 0.4) is 0 Å². The largest absolute Gasteiger partial charge is 0.341 e. The topological polar surface area (TPSA) is 3.24 Å². The van der Waals surface area contributed by atoms with Crippen LogP contribution in [0.2, 0.25) is 0 Å². The smallest absolute Gasteiger partial charge is 0.0451 e. The third-order valence-corrected chi connectivity index (χ3v) is 3.83. The minimum atomic E-state index is 0.888. The molecule has 0 radical (unpaired) electrons. The summed E-state index contributed by atoms with van der Waals surface area (Å²) in [5, 5.41) is 0.888. The molecule has 19 heavy (non-hydrogen) atoms. The Morgan fingerprint density at radius 2 is 1.63 bits per heavy atom. The van der Waals surface area contributed by atoms with Crippen molar-refractivity contribution in [2.45, 2.75) is 25.1 Å². The van der Waals surface area contributed by atoms with Gasteiger partial charge in [-0.3, -0.25) is 0 Å². The van der Waals surface area contributed by atoms with E-state index in [1.54, 1.807) is 0 Å². The zero-order valence-electron chi connectivity index (χ0n) is 11.3. The molecule has 0 bridgehead atoms. The van der Waals surface area contributed by atoms with Gasteiger partial charge in [0, 0.05) is 23.2 Å². The lowest BCUT2D eigenvalue weighted by Crippen LogP contribution is -2.19. The maximum absolute atomic E-state index is 3.59. The van der Waals surface area contributed by atoms with Crippen molar-refractivity contribution >= 4 is 27.3 Å². The van der Waals surface area contributed by atoms with E-state index in [9.17, 15) is 0 Å². The number of rotatable bonds is 6. The van der Waals surface area contributed by atoms with Crippen LogP contribution in [-0.2, 0) is 5.33 Å². The summed E-state index contributed by atoms with van der Waals surface area (Å²) in [6.45, 7) is 3.30. The van der Waals surface area contributed by atoms with Gasteiger partial charge in [0.05, 0.1) is 0 Å². The molecular formula is C17H20BrN. The molecular weight excluding hydrogens is 298 g/mol. The van der Waals surface area contributed by atoms with Crippen molar-refractivity contribution in [3.05, 3.63) is 60.2 Å². The standard InChI is InChI=1S/C17H20BrN/c1-2-3-13-19(16-10-5-4-6-11-16)17-12-8-7-9-15(17)14-18/h4-12H,2-3,13-14H2,1H3. The fraction of sp³-hybridized carbons (Fsp3) is 0.294. The van der Waals surface area contributed by atoms with Gasteiger partial charge in [-0.2, -0.15) is 0 Å². The first kappa shape index (κ1) is 14.1. The number of hydrogen-bond donors (Lipinski definition) is 0. The third kappa shape index (κ3) is 3.60. The summed E-state index contributed by atoms with van der Waals surface area (Å²) in [4.78, 5) is 2.42. The van der Waals surface area contributed by atoms with Crippen LogP contribution in [0.4, 0.5) is 11.4 Å². The van der Waals surface area contributed by atoms with E-state index in [-0.39, 0.29) is 0 Å². The Kier molecular flexibility index (Phi) is 5.46. The van der Waals surface area contributed by atoms with Gasteiger partial charge >= 0.3 is 0 Å². The summed E-state index contributed by atoms with van der Waals surface area (Å²) < 4.78 is 0. The molecule has 2 aromatic carbocycles. The van der Waals surface area contributed by atoms with Gasteiger partial charge in [-0.15, -0.1) is 0 Å². The lowest BCUT2D eigenvalue weighted by molar-refractivity contribution is 0.784. The number of anilines is 2. The minimum absolute atomic E-state index is 0.888. The van der Waals surface area contributed by atoms with Crippen LogP contribution in [0.25, 0.3) is 0 Å². The van der Waals surface area contributed by atoms with Gasteiger partial charge in [0.2, 0.25) is 0 Å². The molecule has 0 aliphatic carbocycles. The SMILES string of the molecule is CCCCN(c1ccccc1)c1ccccc1CBr. The molecule has 0 aromatic heterocycles. The number of para-hydroxylation sites is 2. The van der Waals surface area contributed by atoms with E-state index < -0.39 is 0 Å². The molecule has 0 saturated carbocycles. The van der Waals surface area contributed by atoms with Gasteiger partial charge in [0.1, 0.15) is 0 Å². The van der Waals surface area contributed by atoms with Crippen molar-refractivity contribution in [2.24, 2.45) is 0 Å². The molecule has 0 aliphatic rings. The van der Waals surface area contributed by atoms with E-state index in [1.165, 1.54) is 29.8 Å². The molecule has 2 aromatic rings. The molecule has 2 heteroatoms. The Balaban J connectivity index is 2.37. The summed E-state index contributed by atoms with van der Waals surface area (Å²) >= 11 is 3.59. The number of alkyl halides is 1. The maximum Gasteiger partial charge on any atom is 0.0451 e. The predicted octanol–water partition coefficient (Wildman–Crippen LogP) is 5.52. The zero-order chi connectivity index (χ0) is 13.5. The maximum atomic E-state index is 3.59. The third-order valence-electron chi connectivity index (χ3n) is 3.23. The highest BCUT2D eigenvalue weighted by Crippen LogP contribution is 2.30. The number of halogens is 1. The molecule has 0 heterocycles. The fourth-order valence-electron chi connectivity index (χ4n) is 2.20. The Hall–Kier alpha value is -1.28. The van der Waals surface area contributed by atoms with Gasteiger partial charge in [0.25, 0.3) is 0 Å². The fourth-order valence-corrected chi connectivity index (χ4v) is 2.67. The van der Waals surface area contributed by atoms with Crippen molar-refractivity contribution in [1.29, 1.82) is 0 Å². The van der Waals surface area contributed by atoms with Crippen LogP contribution in [-0.4, -0.2) is 6.54 Å². The Morgan fingerprint density at radius 1 is 0.947 bits per heavy atom. The Morgan fingerprint density at radius 3 is 2.32 bits per heavy atom. The molecule has 0 spiro atoms. The van der Waals surface area contributed by atoms with Gasteiger partial charge in [-0.1, -0.05) is 65.7 Å². The van der Waals surface area contributed by atoms with Crippen molar-refractivity contribution in [2.75, 3.05) is 11.4 Å². The van der Waals surface area contributed by atoms with Crippen LogP contribution >= 0.6 is 15.9 Å². The van der Waals surface area contributed by atoms with Crippen molar-refractivity contribution < 1.29 is 0 Å². The zero-order valence-corrected chi connectivity index (χ0v) is 12.9. The van der Waals surface area contributed by atoms with E-state index in [2.05, 4.69) is 82.4 Å². The van der Waals surface area contributed by atoms with Crippen LogP contribution in [0.5, 0.6) is 0 Å². The molecule has 0 amide bonds. The summed E-state index contributed by atoms with van der Waals surface area (Å²) in [5.74, 6) is 0. The lowest BCUT2D eigenvalue weighted by atomic mass is 10.1. The van der Waals surface area contributed by atoms with Gasteiger partial charge in [0.15, 0.2) is 0 Å². The highest BCUT2D eigenvalue weighted by atomic mass is 79.9. The van der Waals surface area contributed by atoms with Crippen LogP contribution in [0, 0.1) is 0 Å². The summed E-state index contributed by atoms with van der Waals surface area (Å²) in [6, 6.07) is 19.2. The first-order valence-corrected chi connectivity index (χ1v) is 7.95. The summed E-state index contributed by atoms with van der Waals surface area (Å²) in [7, 11) is 0. The number of benzene rings is 2. The first-order valence-electron chi connectivity index (χ1n) is 6.83. The molecule has 0 atom stereocenters. The second-order valence-electron chi connectivity index (χ2n) is 4.60. The Bertz CT molecular complexity index is 496. The second kappa shape index (κ2) is 7.34. The van der Waals surface area contributed by atoms with Crippen molar-refractivity contribution in [3.8, 4) is 0 Å². The average molecular weight is 318 g/mol. The van der Waals surface area contributed by atoms with Crippen LogP contribution < -0.4 is 4.90 Å². The van der Waals surface area contributed by atoms with E-state index in [0.29, 0.717) is 0 Å². The summed E-state index contributed by atoms with van der Waals surface area (Å²) in [5.41, 5.74) is 3.91.